The fourth-order valence-corrected chi connectivity index (χ4v) is 3.62. The molecule has 1 atom stereocenters. The van der Waals surface area contributed by atoms with Gasteiger partial charge in [-0.05, 0) is 48.9 Å². The van der Waals surface area contributed by atoms with Gasteiger partial charge in [0.2, 0.25) is 6.54 Å². The Kier molecular flexibility index (Phi) is 4.81. The standard InChI is InChI=1S/C21H23N4O3/c1-3-28-18-9-7-17(8-10-18)23-11-12-24-19(26)20(27)25(22-21(23)24)14-16-6-4-5-15(2)13-16/h4-10,13,21H,3,11-12,14H2,1-2H3/q+1. The van der Waals surface area contributed by atoms with E-state index in [9.17, 15) is 9.59 Å². The Morgan fingerprint density at radius 2 is 1.86 bits per heavy atom. The van der Waals surface area contributed by atoms with Crippen LogP contribution in [-0.4, -0.2) is 47.4 Å². The molecule has 28 heavy (non-hydrogen) atoms. The zero-order valence-corrected chi connectivity index (χ0v) is 16.0. The van der Waals surface area contributed by atoms with Gasteiger partial charge in [-0.1, -0.05) is 23.8 Å². The maximum absolute atomic E-state index is 12.6. The molecule has 0 spiro atoms. The summed E-state index contributed by atoms with van der Waals surface area (Å²) in [4.78, 5) is 28.7. The highest BCUT2D eigenvalue weighted by molar-refractivity contribution is 6.31. The highest BCUT2D eigenvalue weighted by Crippen LogP contribution is 2.28. The smallest absolute Gasteiger partial charge is 0.494 e. The summed E-state index contributed by atoms with van der Waals surface area (Å²) in [6.07, 6.45) is -0.507. The van der Waals surface area contributed by atoms with Crippen LogP contribution in [0.3, 0.4) is 0 Å². The molecular formula is C21H23N4O3+. The average Bonchev–Trinajstić information content (AvgIpc) is 3.11. The second kappa shape index (κ2) is 7.42. The Labute approximate surface area is 163 Å². The zero-order valence-electron chi connectivity index (χ0n) is 16.0. The molecule has 0 N–H and O–H groups in total. The number of amides is 2. The molecule has 7 heteroatoms. The van der Waals surface area contributed by atoms with Gasteiger partial charge in [-0.3, -0.25) is 9.69 Å². The number of ether oxygens (including phenoxy) is 1. The van der Waals surface area contributed by atoms with E-state index in [1.54, 1.807) is 0 Å². The number of fused-ring (bicyclic) bond motifs is 1. The zero-order chi connectivity index (χ0) is 19.7. The van der Waals surface area contributed by atoms with E-state index < -0.39 is 18.1 Å². The molecule has 2 aromatic carbocycles. The number of rotatable bonds is 5. The van der Waals surface area contributed by atoms with Crippen LogP contribution in [0.1, 0.15) is 18.1 Å². The molecule has 0 bridgehead atoms. The number of benzene rings is 2. The number of azo groups is 2. The largest absolute Gasteiger partial charge is 0.502 e. The minimum absolute atomic E-state index is 0.285. The Bertz CT molecular complexity index is 939. The SMILES string of the molecule is CCOc1ccc(N2CCN3C(=O)C(=O)[N+](Cc4cccc(C)c4)=NC32)cc1. The Balaban J connectivity index is 1.62. The van der Waals surface area contributed by atoms with Crippen molar-refractivity contribution in [3.8, 4) is 5.75 Å². The summed E-state index contributed by atoms with van der Waals surface area (Å²) in [5, 5.41) is 4.60. The highest BCUT2D eigenvalue weighted by atomic mass is 16.5. The molecule has 0 aromatic heterocycles. The van der Waals surface area contributed by atoms with Gasteiger partial charge in [-0.2, -0.15) is 0 Å². The van der Waals surface area contributed by atoms with Crippen LogP contribution in [0.4, 0.5) is 5.69 Å². The first kappa shape index (κ1) is 18.2. The first-order chi connectivity index (χ1) is 13.6. The number of aryl methyl sites for hydroxylation is 1. The molecular weight excluding hydrogens is 356 g/mol. The third kappa shape index (κ3) is 3.35. The molecule has 144 valence electrons. The molecule has 0 saturated carbocycles. The Morgan fingerprint density at radius 3 is 2.57 bits per heavy atom. The molecule has 2 amide bonds. The lowest BCUT2D eigenvalue weighted by Gasteiger charge is -2.27. The van der Waals surface area contributed by atoms with E-state index in [1.807, 2.05) is 67.3 Å². The molecule has 2 heterocycles. The number of hydrogen-bond acceptors (Lipinski definition) is 5. The van der Waals surface area contributed by atoms with E-state index in [1.165, 1.54) is 9.60 Å². The number of hydrogen-bond donors (Lipinski definition) is 0. The van der Waals surface area contributed by atoms with Gasteiger partial charge >= 0.3 is 11.8 Å². The molecule has 7 nitrogen and oxygen atoms in total. The summed E-state index contributed by atoms with van der Waals surface area (Å²) in [5.41, 5.74) is 2.99. The summed E-state index contributed by atoms with van der Waals surface area (Å²) in [6.45, 7) is 5.94. The van der Waals surface area contributed by atoms with Gasteiger partial charge in [-0.15, -0.1) is 0 Å². The Hall–Kier alpha value is -3.22. The Morgan fingerprint density at radius 1 is 1.11 bits per heavy atom. The van der Waals surface area contributed by atoms with Crippen molar-refractivity contribution in [3.05, 3.63) is 59.7 Å². The van der Waals surface area contributed by atoms with Gasteiger partial charge in [0, 0.05) is 29.5 Å². The molecule has 1 saturated heterocycles. The van der Waals surface area contributed by atoms with Crippen LogP contribution < -0.4 is 9.64 Å². The van der Waals surface area contributed by atoms with Crippen LogP contribution in [0.2, 0.25) is 0 Å². The second-order valence-electron chi connectivity index (χ2n) is 6.93. The van der Waals surface area contributed by atoms with Crippen LogP contribution in [0.5, 0.6) is 5.75 Å². The van der Waals surface area contributed by atoms with E-state index in [0.717, 1.165) is 22.6 Å². The van der Waals surface area contributed by atoms with Crippen molar-refractivity contribution in [2.45, 2.75) is 26.7 Å². The molecule has 4 rings (SSSR count). The minimum atomic E-state index is -0.578. The lowest BCUT2D eigenvalue weighted by molar-refractivity contribution is -0.534. The monoisotopic (exact) mass is 379 g/mol. The van der Waals surface area contributed by atoms with Crippen molar-refractivity contribution in [1.29, 1.82) is 0 Å². The lowest BCUT2D eigenvalue weighted by Crippen LogP contribution is -2.51. The van der Waals surface area contributed by atoms with Crippen LogP contribution in [-0.2, 0) is 16.1 Å². The van der Waals surface area contributed by atoms with Crippen LogP contribution in [0.15, 0.2) is 53.6 Å². The number of carbonyl (C=O) groups is 2. The van der Waals surface area contributed by atoms with Crippen molar-refractivity contribution >= 4 is 17.5 Å². The average molecular weight is 379 g/mol. The fraction of sp³-hybridized carbons (Fsp3) is 0.333. The van der Waals surface area contributed by atoms with Crippen molar-refractivity contribution in [2.75, 3.05) is 24.6 Å². The third-order valence-electron chi connectivity index (χ3n) is 4.95. The van der Waals surface area contributed by atoms with E-state index in [4.69, 9.17) is 4.74 Å². The van der Waals surface area contributed by atoms with Crippen LogP contribution in [0.25, 0.3) is 0 Å². The normalized spacial score (nSPS) is 18.9. The van der Waals surface area contributed by atoms with Gasteiger partial charge < -0.3 is 9.64 Å². The molecule has 2 aromatic rings. The van der Waals surface area contributed by atoms with Gasteiger partial charge in [0.05, 0.1) is 6.61 Å². The second-order valence-corrected chi connectivity index (χ2v) is 6.93. The topological polar surface area (TPSA) is 65.2 Å². The summed E-state index contributed by atoms with van der Waals surface area (Å²) >= 11 is 0. The highest BCUT2D eigenvalue weighted by Gasteiger charge is 2.49. The number of nitrogens with zero attached hydrogens (tertiary/aromatic N) is 4. The van der Waals surface area contributed by atoms with Crippen molar-refractivity contribution in [1.82, 2.24) is 4.90 Å². The third-order valence-corrected chi connectivity index (χ3v) is 4.95. The summed E-state index contributed by atoms with van der Waals surface area (Å²) in [7, 11) is 0. The van der Waals surface area contributed by atoms with Crippen molar-refractivity contribution in [3.63, 3.8) is 0 Å². The summed E-state index contributed by atoms with van der Waals surface area (Å²) < 4.78 is 6.79. The summed E-state index contributed by atoms with van der Waals surface area (Å²) in [5.74, 6) is -0.275. The number of carbonyl (C=O) groups excluding carboxylic acids is 2. The molecule has 0 radical (unpaired) electrons. The maximum atomic E-state index is 12.6. The first-order valence-corrected chi connectivity index (χ1v) is 9.45. The lowest BCUT2D eigenvalue weighted by atomic mass is 10.1. The first-order valence-electron chi connectivity index (χ1n) is 9.45. The van der Waals surface area contributed by atoms with E-state index in [2.05, 4.69) is 5.11 Å². The molecule has 1 unspecified atom stereocenters. The number of anilines is 1. The van der Waals surface area contributed by atoms with Crippen molar-refractivity contribution < 1.29 is 19.0 Å². The quantitative estimate of drug-likeness (QED) is 0.592. The van der Waals surface area contributed by atoms with Gasteiger partial charge in [0.15, 0.2) is 0 Å². The van der Waals surface area contributed by atoms with Crippen LogP contribution in [0, 0.1) is 6.92 Å². The van der Waals surface area contributed by atoms with Gasteiger partial charge in [-0.25, -0.2) is 4.79 Å². The predicted octanol–water partition coefficient (Wildman–Crippen LogP) is 2.53. The fourth-order valence-electron chi connectivity index (χ4n) is 3.62. The van der Waals surface area contributed by atoms with E-state index in [0.29, 0.717) is 19.7 Å². The van der Waals surface area contributed by atoms with Crippen molar-refractivity contribution in [2.24, 2.45) is 5.11 Å². The van der Waals surface area contributed by atoms with Gasteiger partial charge in [0.1, 0.15) is 5.75 Å². The molecule has 2 aliphatic rings. The minimum Gasteiger partial charge on any atom is -0.494 e. The van der Waals surface area contributed by atoms with E-state index >= 15 is 0 Å². The molecule has 0 aliphatic carbocycles. The van der Waals surface area contributed by atoms with Crippen LogP contribution >= 0.6 is 0 Å². The summed E-state index contributed by atoms with van der Waals surface area (Å²) in [6, 6.07) is 15.6. The van der Waals surface area contributed by atoms with Gasteiger partial charge in [0.25, 0.3) is 6.29 Å². The van der Waals surface area contributed by atoms with E-state index in [-0.39, 0.29) is 6.54 Å². The molecule has 2 aliphatic heterocycles. The maximum Gasteiger partial charge on any atom is 0.502 e. The predicted molar refractivity (Wildman–Crippen MR) is 103 cm³/mol. The molecule has 1 fully saturated rings.